The van der Waals surface area contributed by atoms with Crippen LogP contribution in [-0.2, 0) is 0 Å². The second kappa shape index (κ2) is 9.39. The van der Waals surface area contributed by atoms with Gasteiger partial charge in [0.25, 0.3) is 0 Å². The van der Waals surface area contributed by atoms with Crippen molar-refractivity contribution in [3.8, 4) is 0 Å². The summed E-state index contributed by atoms with van der Waals surface area (Å²) in [7, 11) is 0. The lowest BCUT2D eigenvalue weighted by Gasteiger charge is -2.33. The van der Waals surface area contributed by atoms with Crippen molar-refractivity contribution < 1.29 is 0 Å². The van der Waals surface area contributed by atoms with E-state index in [1.165, 1.54) is 82.3 Å². The van der Waals surface area contributed by atoms with E-state index in [-0.39, 0.29) is 0 Å². The first kappa shape index (κ1) is 18.4. The zero-order valence-corrected chi connectivity index (χ0v) is 16.0. The molecule has 0 spiro atoms. The second-order valence-electron chi connectivity index (χ2n) is 8.30. The topological polar surface area (TPSA) is 6.48 Å². The lowest BCUT2D eigenvalue weighted by Crippen LogP contribution is -2.30. The van der Waals surface area contributed by atoms with Gasteiger partial charge in [-0.15, -0.1) is 0 Å². The van der Waals surface area contributed by atoms with Crippen LogP contribution in [0.5, 0.6) is 0 Å². The van der Waals surface area contributed by atoms with Gasteiger partial charge in [0, 0.05) is 26.2 Å². The highest BCUT2D eigenvalue weighted by molar-refractivity contribution is 4.95. The molecule has 2 rings (SSSR count). The van der Waals surface area contributed by atoms with E-state index in [0.717, 1.165) is 11.8 Å². The van der Waals surface area contributed by atoms with Gasteiger partial charge in [-0.2, -0.15) is 0 Å². The van der Waals surface area contributed by atoms with Crippen molar-refractivity contribution in [2.24, 2.45) is 11.8 Å². The van der Waals surface area contributed by atoms with Crippen LogP contribution in [0.1, 0.15) is 72.6 Å². The van der Waals surface area contributed by atoms with E-state index in [1.54, 1.807) is 0 Å². The van der Waals surface area contributed by atoms with Gasteiger partial charge in [-0.05, 0) is 77.6 Å². The summed E-state index contributed by atoms with van der Waals surface area (Å²) >= 11 is 0. The maximum Gasteiger partial charge on any atom is 0.0175 e. The number of nitrogens with zero attached hydrogens (tertiary/aromatic N) is 2. The van der Waals surface area contributed by atoms with Crippen LogP contribution in [0.3, 0.4) is 0 Å². The standard InChI is InChI=1S/C21H38N2/c1-18(2)16-22-12-8-20(9-13-22)6-5-7-21-10-14-23(15-11-21)17-19(3)4/h16-17,20-21H,5-15H2,1-4H3. The molecule has 132 valence electrons. The van der Waals surface area contributed by atoms with Gasteiger partial charge in [0.15, 0.2) is 0 Å². The maximum absolute atomic E-state index is 2.52. The largest absolute Gasteiger partial charge is 0.377 e. The summed E-state index contributed by atoms with van der Waals surface area (Å²) in [5.41, 5.74) is 2.87. The van der Waals surface area contributed by atoms with E-state index in [4.69, 9.17) is 0 Å². The zero-order chi connectivity index (χ0) is 16.7. The van der Waals surface area contributed by atoms with E-state index in [0.29, 0.717) is 0 Å². The van der Waals surface area contributed by atoms with E-state index in [1.807, 2.05) is 0 Å². The maximum atomic E-state index is 2.52. The third-order valence-electron chi connectivity index (χ3n) is 5.40. The number of rotatable bonds is 6. The molecule has 2 aliphatic rings. The van der Waals surface area contributed by atoms with Gasteiger partial charge in [0.1, 0.15) is 0 Å². The quantitative estimate of drug-likeness (QED) is 0.644. The number of piperidine rings is 2. The first-order chi connectivity index (χ1) is 11.0. The van der Waals surface area contributed by atoms with Crippen LogP contribution < -0.4 is 0 Å². The Kier molecular flexibility index (Phi) is 7.52. The summed E-state index contributed by atoms with van der Waals surface area (Å²) in [6.07, 6.45) is 14.7. The molecule has 0 bridgehead atoms. The Balaban J connectivity index is 1.57. The van der Waals surface area contributed by atoms with E-state index in [2.05, 4.69) is 49.9 Å². The van der Waals surface area contributed by atoms with Crippen LogP contribution in [0.25, 0.3) is 0 Å². The molecule has 0 saturated carbocycles. The Morgan fingerprint density at radius 3 is 1.35 bits per heavy atom. The van der Waals surface area contributed by atoms with Gasteiger partial charge in [-0.1, -0.05) is 30.4 Å². The molecule has 0 radical (unpaired) electrons. The fraction of sp³-hybridized carbons (Fsp3) is 0.810. The van der Waals surface area contributed by atoms with Gasteiger partial charge in [0.2, 0.25) is 0 Å². The molecule has 2 heteroatoms. The van der Waals surface area contributed by atoms with Gasteiger partial charge < -0.3 is 9.80 Å². The van der Waals surface area contributed by atoms with Gasteiger partial charge in [-0.25, -0.2) is 0 Å². The monoisotopic (exact) mass is 318 g/mol. The fourth-order valence-corrected chi connectivity index (χ4v) is 4.17. The Labute approximate surface area is 144 Å². The van der Waals surface area contributed by atoms with Crippen molar-refractivity contribution in [2.45, 2.75) is 72.6 Å². The lowest BCUT2D eigenvalue weighted by molar-refractivity contribution is 0.209. The van der Waals surface area contributed by atoms with E-state index >= 15 is 0 Å². The van der Waals surface area contributed by atoms with Crippen LogP contribution in [0, 0.1) is 11.8 Å². The molecular formula is C21H38N2. The van der Waals surface area contributed by atoms with Crippen molar-refractivity contribution in [3.63, 3.8) is 0 Å². The summed E-state index contributed by atoms with van der Waals surface area (Å²) in [4.78, 5) is 5.04. The molecule has 23 heavy (non-hydrogen) atoms. The summed E-state index contributed by atoms with van der Waals surface area (Å²) in [6.45, 7) is 13.9. The Morgan fingerprint density at radius 2 is 1.04 bits per heavy atom. The van der Waals surface area contributed by atoms with Gasteiger partial charge in [-0.3, -0.25) is 0 Å². The number of allylic oxidation sites excluding steroid dienone is 2. The molecule has 0 aromatic rings. The van der Waals surface area contributed by atoms with Crippen molar-refractivity contribution in [1.29, 1.82) is 0 Å². The predicted octanol–water partition coefficient (Wildman–Crippen LogP) is 5.43. The molecule has 0 N–H and O–H groups in total. The molecule has 2 aliphatic heterocycles. The van der Waals surface area contributed by atoms with E-state index in [9.17, 15) is 0 Å². The summed E-state index contributed by atoms with van der Waals surface area (Å²) in [5.74, 6) is 1.98. The highest BCUT2D eigenvalue weighted by atomic mass is 15.1. The smallest absolute Gasteiger partial charge is 0.0175 e. The third-order valence-corrected chi connectivity index (χ3v) is 5.40. The summed E-state index contributed by atoms with van der Waals surface area (Å²) in [5, 5.41) is 0. The van der Waals surface area contributed by atoms with E-state index < -0.39 is 0 Å². The molecule has 2 nitrogen and oxygen atoms in total. The lowest BCUT2D eigenvalue weighted by atomic mass is 9.87. The Hall–Kier alpha value is -0.920. The summed E-state index contributed by atoms with van der Waals surface area (Å²) in [6, 6.07) is 0. The molecule has 2 fully saturated rings. The molecule has 0 unspecified atom stereocenters. The first-order valence-corrected chi connectivity index (χ1v) is 9.81. The van der Waals surface area contributed by atoms with Crippen LogP contribution in [0.4, 0.5) is 0 Å². The van der Waals surface area contributed by atoms with Crippen molar-refractivity contribution in [2.75, 3.05) is 26.2 Å². The second-order valence-corrected chi connectivity index (χ2v) is 8.30. The number of hydrogen-bond acceptors (Lipinski definition) is 2. The Bertz CT molecular complexity index is 348. The third kappa shape index (κ3) is 7.01. The predicted molar refractivity (Wildman–Crippen MR) is 101 cm³/mol. The highest BCUT2D eigenvalue weighted by Crippen LogP contribution is 2.27. The van der Waals surface area contributed by atoms with Crippen molar-refractivity contribution in [1.82, 2.24) is 9.80 Å². The van der Waals surface area contributed by atoms with Crippen LogP contribution in [0.2, 0.25) is 0 Å². The average Bonchev–Trinajstić information content (AvgIpc) is 2.50. The van der Waals surface area contributed by atoms with Crippen molar-refractivity contribution >= 4 is 0 Å². The summed E-state index contributed by atoms with van der Waals surface area (Å²) < 4.78 is 0. The Morgan fingerprint density at radius 1 is 0.696 bits per heavy atom. The minimum absolute atomic E-state index is 0.988. The molecule has 2 saturated heterocycles. The SMILES string of the molecule is CC(C)=CN1CCC(CCCC2CCN(C=C(C)C)CC2)CC1. The molecule has 0 aliphatic carbocycles. The normalized spacial score (nSPS) is 20.5. The first-order valence-electron chi connectivity index (χ1n) is 9.81. The van der Waals surface area contributed by atoms with Crippen molar-refractivity contribution in [3.05, 3.63) is 23.5 Å². The molecule has 0 aromatic heterocycles. The van der Waals surface area contributed by atoms with Crippen LogP contribution in [-0.4, -0.2) is 36.0 Å². The molecule has 0 aromatic carbocycles. The van der Waals surface area contributed by atoms with Crippen LogP contribution >= 0.6 is 0 Å². The number of likely N-dealkylation sites (tertiary alicyclic amines) is 2. The number of hydrogen-bond donors (Lipinski definition) is 0. The minimum atomic E-state index is 0.988. The molecular weight excluding hydrogens is 280 g/mol. The zero-order valence-electron chi connectivity index (χ0n) is 16.0. The highest BCUT2D eigenvalue weighted by Gasteiger charge is 2.20. The molecule has 0 amide bonds. The average molecular weight is 319 g/mol. The molecule has 2 heterocycles. The van der Waals surface area contributed by atoms with Gasteiger partial charge in [0.05, 0.1) is 0 Å². The minimum Gasteiger partial charge on any atom is -0.377 e. The van der Waals surface area contributed by atoms with Gasteiger partial charge >= 0.3 is 0 Å². The molecule has 0 atom stereocenters. The fourth-order valence-electron chi connectivity index (χ4n) is 4.17. The van der Waals surface area contributed by atoms with Crippen LogP contribution in [0.15, 0.2) is 23.5 Å².